The van der Waals surface area contributed by atoms with E-state index in [1.807, 2.05) is 12.4 Å². The Kier molecular flexibility index (Phi) is 9.16. The van der Waals surface area contributed by atoms with E-state index in [-0.39, 0.29) is 0 Å². The highest BCUT2D eigenvalue weighted by atomic mass is 14.7. The van der Waals surface area contributed by atoms with Crippen molar-refractivity contribution in [1.82, 2.24) is 9.97 Å². The summed E-state index contributed by atoms with van der Waals surface area (Å²) in [6, 6.07) is 94.6. The molecule has 0 atom stereocenters. The summed E-state index contributed by atoms with van der Waals surface area (Å²) >= 11 is 0. The third-order valence-corrected chi connectivity index (χ3v) is 17.0. The van der Waals surface area contributed by atoms with E-state index >= 15 is 0 Å². The van der Waals surface area contributed by atoms with Crippen LogP contribution in [0.25, 0.3) is 176 Å². The molecule has 78 heavy (non-hydrogen) atoms. The van der Waals surface area contributed by atoms with Crippen molar-refractivity contribution in [3.8, 4) is 112 Å². The van der Waals surface area contributed by atoms with Crippen LogP contribution >= 0.6 is 0 Å². The molecule has 0 radical (unpaired) electrons. The molecule has 0 saturated heterocycles. The van der Waals surface area contributed by atoms with E-state index in [0.29, 0.717) is 0 Å². The van der Waals surface area contributed by atoms with Gasteiger partial charge in [0.2, 0.25) is 0 Å². The molecule has 0 aliphatic heterocycles. The van der Waals surface area contributed by atoms with Crippen molar-refractivity contribution < 1.29 is 0 Å². The van der Waals surface area contributed by atoms with Gasteiger partial charge in [0.05, 0.1) is 11.4 Å². The van der Waals surface area contributed by atoms with Gasteiger partial charge in [0.1, 0.15) is 0 Å². The second-order valence-electron chi connectivity index (χ2n) is 21.1. The highest BCUT2D eigenvalue weighted by Gasteiger charge is 2.30. The van der Waals surface area contributed by atoms with Gasteiger partial charge in [-0.15, -0.1) is 0 Å². The van der Waals surface area contributed by atoms with Gasteiger partial charge in [-0.3, -0.25) is 9.97 Å². The van der Waals surface area contributed by atoms with Crippen LogP contribution in [0, 0.1) is 0 Å². The second kappa shape index (κ2) is 16.6. The van der Waals surface area contributed by atoms with Crippen LogP contribution in [0.1, 0.15) is 0 Å². The molecule has 0 bridgehead atoms. The first-order chi connectivity index (χ1) is 38.7. The summed E-state index contributed by atoms with van der Waals surface area (Å²) < 4.78 is 0. The van der Waals surface area contributed by atoms with Crippen LogP contribution in [0.2, 0.25) is 0 Å². The van der Waals surface area contributed by atoms with E-state index in [0.717, 1.165) is 11.4 Å². The molecule has 2 aliphatic rings. The Labute approximate surface area is 450 Å². The maximum atomic E-state index is 5.07. The smallest absolute Gasteiger partial charge is 0.0787 e. The van der Waals surface area contributed by atoms with Crippen molar-refractivity contribution in [3.05, 3.63) is 267 Å². The Hall–Kier alpha value is -10.3. The van der Waals surface area contributed by atoms with E-state index in [2.05, 4.69) is 255 Å². The standard InChI is InChI=1S/C76H44N2/c1-5-15-45(16-6-1)51-29-31-55-63(39-51)61(41-67-57-35-33-53(47-19-9-3-10-20-47)71-59-23-13-37-77-75(59)69(73(57)71)43-65(55)67)49-25-27-50(28-26-49)62-42-68-58-36-34-54(48-21-11-4-12-22-48)72-60-24-14-38-78-76(60)70(74(58)72)44-66(68)56-32-30-52(40-64(56)62)46-17-7-2-8-18-46/h1-44H. The third-order valence-electron chi connectivity index (χ3n) is 17.0. The maximum absolute atomic E-state index is 5.07. The lowest BCUT2D eigenvalue weighted by atomic mass is 9.85. The zero-order valence-electron chi connectivity index (χ0n) is 42.3. The molecule has 2 heteroatoms. The van der Waals surface area contributed by atoms with Gasteiger partial charge in [-0.2, -0.15) is 0 Å². The predicted octanol–water partition coefficient (Wildman–Crippen LogP) is 20.7. The van der Waals surface area contributed by atoms with Crippen LogP contribution in [-0.4, -0.2) is 9.97 Å². The van der Waals surface area contributed by atoms with Crippen LogP contribution in [-0.2, 0) is 0 Å². The Morgan fingerprint density at radius 3 is 0.923 bits per heavy atom. The van der Waals surface area contributed by atoms with E-state index in [1.54, 1.807) is 0 Å². The first kappa shape index (κ1) is 43.0. The molecule has 2 heterocycles. The molecule has 2 nitrogen and oxygen atoms in total. The minimum atomic E-state index is 1.05. The van der Waals surface area contributed by atoms with Gasteiger partial charge >= 0.3 is 0 Å². The number of rotatable bonds is 6. The molecule has 0 N–H and O–H groups in total. The third kappa shape index (κ3) is 6.26. The Balaban J connectivity index is 0.906. The number of pyridine rings is 2. The van der Waals surface area contributed by atoms with E-state index in [1.165, 1.54) is 165 Å². The molecule has 358 valence electrons. The van der Waals surface area contributed by atoms with E-state index in [9.17, 15) is 0 Å². The monoisotopic (exact) mass is 984 g/mol. The number of fused-ring (bicyclic) bond motifs is 14. The van der Waals surface area contributed by atoms with Crippen molar-refractivity contribution in [2.24, 2.45) is 0 Å². The van der Waals surface area contributed by atoms with Crippen LogP contribution in [0.5, 0.6) is 0 Å². The summed E-state index contributed by atoms with van der Waals surface area (Å²) in [5, 5.41) is 14.9. The highest BCUT2D eigenvalue weighted by Crippen LogP contribution is 2.56. The summed E-state index contributed by atoms with van der Waals surface area (Å²) in [6.07, 6.45) is 3.88. The minimum Gasteiger partial charge on any atom is -0.256 e. The number of aromatic nitrogens is 2. The molecule has 0 amide bonds. The van der Waals surface area contributed by atoms with Crippen LogP contribution in [0.3, 0.4) is 0 Å². The fourth-order valence-corrected chi connectivity index (χ4v) is 13.5. The minimum absolute atomic E-state index is 1.05. The molecule has 0 saturated carbocycles. The zero-order valence-corrected chi connectivity index (χ0v) is 42.3. The first-order valence-electron chi connectivity index (χ1n) is 26.9. The van der Waals surface area contributed by atoms with Crippen LogP contribution in [0.4, 0.5) is 0 Å². The quantitative estimate of drug-likeness (QED) is 0.155. The number of hydrogen-bond donors (Lipinski definition) is 0. The maximum Gasteiger partial charge on any atom is 0.0787 e. The molecular formula is C76H44N2. The fourth-order valence-electron chi connectivity index (χ4n) is 13.5. The number of nitrogens with zero attached hydrogens (tertiary/aromatic N) is 2. The molecule has 13 aromatic carbocycles. The topological polar surface area (TPSA) is 25.8 Å². The van der Waals surface area contributed by atoms with Gasteiger partial charge in [-0.25, -0.2) is 0 Å². The van der Waals surface area contributed by atoms with Crippen molar-refractivity contribution in [2.45, 2.75) is 0 Å². The Morgan fingerprint density at radius 2 is 0.513 bits per heavy atom. The van der Waals surface area contributed by atoms with E-state index < -0.39 is 0 Å². The first-order valence-corrected chi connectivity index (χ1v) is 26.9. The largest absolute Gasteiger partial charge is 0.256 e. The van der Waals surface area contributed by atoms with Crippen molar-refractivity contribution in [2.75, 3.05) is 0 Å². The molecule has 0 spiro atoms. The fraction of sp³-hybridized carbons (Fsp3) is 0. The zero-order chi connectivity index (χ0) is 51.0. The van der Waals surface area contributed by atoms with Crippen molar-refractivity contribution in [3.63, 3.8) is 0 Å². The molecule has 2 aliphatic carbocycles. The van der Waals surface area contributed by atoms with Gasteiger partial charge in [0.25, 0.3) is 0 Å². The molecule has 0 fully saturated rings. The van der Waals surface area contributed by atoms with Gasteiger partial charge < -0.3 is 0 Å². The predicted molar refractivity (Wildman–Crippen MR) is 329 cm³/mol. The normalized spacial score (nSPS) is 12.1. The Morgan fingerprint density at radius 1 is 0.179 bits per heavy atom. The van der Waals surface area contributed by atoms with Gasteiger partial charge in [0.15, 0.2) is 0 Å². The van der Waals surface area contributed by atoms with Crippen LogP contribution < -0.4 is 0 Å². The number of hydrogen-bond acceptors (Lipinski definition) is 2. The summed E-state index contributed by atoms with van der Waals surface area (Å²) in [5.74, 6) is 0. The summed E-state index contributed by atoms with van der Waals surface area (Å²) in [6.45, 7) is 0. The van der Waals surface area contributed by atoms with Gasteiger partial charge in [-0.1, -0.05) is 206 Å². The SMILES string of the molecule is c1ccc(-c2ccc3c(c2)c(-c2ccc(-c4cc5c6ccc(-c7ccccc7)c7c6c(cc5c5ccc(-c6ccccc6)cc45)-c4ncccc4-7)cc2)cc2c4ccc(-c5ccccc5)c5c4c(cc32)-c2ncccc2-5)cc1. The lowest BCUT2D eigenvalue weighted by Gasteiger charge is -2.18. The summed E-state index contributed by atoms with van der Waals surface area (Å²) in [7, 11) is 0. The van der Waals surface area contributed by atoms with Gasteiger partial charge in [0, 0.05) is 56.5 Å². The molecule has 0 unspecified atom stereocenters. The van der Waals surface area contributed by atoms with E-state index in [4.69, 9.17) is 9.97 Å². The lowest BCUT2D eigenvalue weighted by Crippen LogP contribution is -1.91. The average Bonchev–Trinajstić information content (AvgIpc) is 4.25. The average molecular weight is 985 g/mol. The van der Waals surface area contributed by atoms with Gasteiger partial charge in [-0.05, 0) is 169 Å². The molecular weight excluding hydrogens is 941 g/mol. The molecule has 17 rings (SSSR count). The summed E-state index contributed by atoms with van der Waals surface area (Å²) in [4.78, 5) is 10.1. The molecule has 2 aromatic heterocycles. The molecule has 15 aromatic rings. The van der Waals surface area contributed by atoms with Crippen molar-refractivity contribution in [1.29, 1.82) is 0 Å². The second-order valence-corrected chi connectivity index (χ2v) is 21.1. The lowest BCUT2D eigenvalue weighted by molar-refractivity contribution is 1.35. The summed E-state index contributed by atoms with van der Waals surface area (Å²) in [5.41, 5.74) is 23.9. The highest BCUT2D eigenvalue weighted by molar-refractivity contribution is 6.32. The van der Waals surface area contributed by atoms with Crippen LogP contribution in [0.15, 0.2) is 267 Å². The Bertz CT molecular complexity index is 4710. The number of benzene rings is 13. The van der Waals surface area contributed by atoms with Crippen molar-refractivity contribution >= 4 is 64.6 Å².